The molecular formula is C59H64N8O16. The smallest absolute Gasteiger partial charge is 0.333 e. The van der Waals surface area contributed by atoms with Crippen LogP contribution in [-0.4, -0.2) is 186 Å². The number of nitrogens with zero attached hydrogens (tertiary/aromatic N) is 4. The number of H-pyrrole nitrogens is 2. The number of esters is 1. The number of aromatic nitrogens is 2. The normalized spacial score (nSPS) is 16.5. The van der Waals surface area contributed by atoms with Gasteiger partial charge in [-0.15, -0.1) is 0 Å². The minimum Gasteiger partial charge on any atom is -0.479 e. The SMILES string of the molecule is COC(=O)CC(OC(C)(C)O)C(=O)Nc1c(-c2ccc(C(=O)N3CCN(C(=O)C(=O)c4c[nH]c5c(NC(=O)CC(OC(C)(C)O)C(=O)O)cccc45)C(C)C3)cc2)ccc2c(C(=O)C(=O)N3CCN(C(=O)c4ccccc4)CC3C)c[nH]c12. The van der Waals surface area contributed by atoms with Crippen molar-refractivity contribution in [3.63, 3.8) is 0 Å². The van der Waals surface area contributed by atoms with Crippen LogP contribution in [-0.2, 0) is 43.0 Å². The largest absolute Gasteiger partial charge is 0.479 e. The highest BCUT2D eigenvalue weighted by atomic mass is 16.6. The van der Waals surface area contributed by atoms with Gasteiger partial charge in [-0.2, -0.15) is 0 Å². The molecule has 436 valence electrons. The summed E-state index contributed by atoms with van der Waals surface area (Å²) < 4.78 is 15.5. The lowest BCUT2D eigenvalue weighted by atomic mass is 9.97. The number of aliphatic hydroxyl groups is 2. The molecule has 0 spiro atoms. The fourth-order valence-electron chi connectivity index (χ4n) is 10.2. The van der Waals surface area contributed by atoms with Crippen molar-refractivity contribution in [2.24, 2.45) is 0 Å². The standard InChI is InChI=1S/C59H64N8O16/c1-32-30-64(53(73)35-12-9-8-10-13-35)22-24-67(32)56(76)51(71)41-29-61-48-39(41)21-20-37(49(48)63-52(72)43(27-46(69)81-7)82-58(3,4)79)34-16-18-36(19-17-34)54(74)65-23-25-66(33(2)31-65)55(75)50(70)40-28-60-47-38(40)14-11-15-42(47)62-45(68)26-44(57(77)78)83-59(5,6)80/h8-21,28-29,32-33,43-44,60-61,79-80H,22-27,30-31H2,1-7H3,(H,62,68)(H,63,72)(H,77,78). The molecule has 2 aromatic heterocycles. The number of carbonyl (C=O) groups excluding carboxylic acids is 9. The van der Waals surface area contributed by atoms with Crippen LogP contribution in [0.1, 0.15) is 95.8 Å². The first-order chi connectivity index (χ1) is 39.2. The minimum atomic E-state index is -1.88. The summed E-state index contributed by atoms with van der Waals surface area (Å²) in [5.41, 5.74) is 2.40. The summed E-state index contributed by atoms with van der Waals surface area (Å²) in [6.45, 7) is 9.08. The lowest BCUT2D eigenvalue weighted by Crippen LogP contribution is -2.56. The number of hydrogen-bond donors (Lipinski definition) is 7. The number of piperazine rings is 2. The van der Waals surface area contributed by atoms with Gasteiger partial charge in [-0.25, -0.2) is 4.79 Å². The van der Waals surface area contributed by atoms with Crippen molar-refractivity contribution in [2.45, 2.75) is 90.2 Å². The summed E-state index contributed by atoms with van der Waals surface area (Å²) in [7, 11) is 1.13. The van der Waals surface area contributed by atoms with E-state index in [1.54, 1.807) is 103 Å². The summed E-state index contributed by atoms with van der Waals surface area (Å²) in [6, 6.07) is 21.8. The molecule has 6 aromatic rings. The number of carboxylic acids is 1. The van der Waals surface area contributed by atoms with Gasteiger partial charge in [0.15, 0.2) is 17.7 Å². The molecule has 8 rings (SSSR count). The zero-order valence-electron chi connectivity index (χ0n) is 46.6. The van der Waals surface area contributed by atoms with Crippen LogP contribution in [0.15, 0.2) is 97.3 Å². The van der Waals surface area contributed by atoms with Crippen LogP contribution >= 0.6 is 0 Å². The molecule has 4 heterocycles. The third-order valence-corrected chi connectivity index (χ3v) is 14.2. The van der Waals surface area contributed by atoms with Crippen molar-refractivity contribution < 1.29 is 77.5 Å². The second-order valence-electron chi connectivity index (χ2n) is 21.3. The number of anilines is 2. The van der Waals surface area contributed by atoms with E-state index in [-0.39, 0.29) is 90.1 Å². The highest BCUT2D eigenvalue weighted by Gasteiger charge is 2.38. The number of carbonyl (C=O) groups is 10. The van der Waals surface area contributed by atoms with E-state index in [1.165, 1.54) is 56.0 Å². The van der Waals surface area contributed by atoms with Crippen LogP contribution in [0.4, 0.5) is 11.4 Å². The summed E-state index contributed by atoms with van der Waals surface area (Å²) >= 11 is 0. The van der Waals surface area contributed by atoms with Crippen molar-refractivity contribution in [3.05, 3.63) is 120 Å². The molecule has 0 radical (unpaired) electrons. The zero-order valence-corrected chi connectivity index (χ0v) is 46.6. The second-order valence-corrected chi connectivity index (χ2v) is 21.3. The number of nitrogens with one attached hydrogen (secondary N) is 4. The predicted octanol–water partition coefficient (Wildman–Crippen LogP) is 4.57. The van der Waals surface area contributed by atoms with Crippen molar-refractivity contribution >= 4 is 92.1 Å². The van der Waals surface area contributed by atoms with Gasteiger partial charge in [0.1, 0.15) is 6.10 Å². The number of carboxylic acid groups (broad SMARTS) is 1. The average molecular weight is 1140 g/mol. The maximum atomic E-state index is 14.2. The Morgan fingerprint density at radius 2 is 1.13 bits per heavy atom. The Bertz CT molecular complexity index is 3520. The number of amides is 6. The number of aromatic amines is 2. The van der Waals surface area contributed by atoms with Crippen LogP contribution in [0.3, 0.4) is 0 Å². The molecule has 24 heteroatoms. The van der Waals surface area contributed by atoms with Crippen LogP contribution in [0.5, 0.6) is 0 Å². The van der Waals surface area contributed by atoms with Gasteiger partial charge >= 0.3 is 11.9 Å². The van der Waals surface area contributed by atoms with Crippen molar-refractivity contribution in [1.82, 2.24) is 29.6 Å². The molecule has 4 aromatic carbocycles. The Labute approximate surface area is 475 Å². The van der Waals surface area contributed by atoms with Crippen molar-refractivity contribution in [2.75, 3.05) is 57.0 Å². The molecule has 7 N–H and O–H groups in total. The molecule has 24 nitrogen and oxygen atoms in total. The lowest BCUT2D eigenvalue weighted by molar-refractivity contribution is -0.215. The Hall–Kier alpha value is -9.10. The molecule has 2 aliphatic rings. The molecule has 2 saturated heterocycles. The summed E-state index contributed by atoms with van der Waals surface area (Å²) in [5.74, 6) is -11.5. The van der Waals surface area contributed by atoms with Gasteiger partial charge in [0.2, 0.25) is 5.91 Å². The number of hydrogen-bond acceptors (Lipinski definition) is 15. The molecule has 4 atom stereocenters. The van der Waals surface area contributed by atoms with Gasteiger partial charge in [0.05, 0.1) is 53.5 Å². The predicted molar refractivity (Wildman–Crippen MR) is 300 cm³/mol. The van der Waals surface area contributed by atoms with Gasteiger partial charge < -0.3 is 69.7 Å². The van der Waals surface area contributed by atoms with Gasteiger partial charge in [-0.05, 0) is 77.4 Å². The molecular weight excluding hydrogens is 1080 g/mol. The lowest BCUT2D eigenvalue weighted by Gasteiger charge is -2.39. The van der Waals surface area contributed by atoms with E-state index in [2.05, 4.69) is 20.6 Å². The zero-order chi connectivity index (χ0) is 60.2. The minimum absolute atomic E-state index is 0.00553. The topological polar surface area (TPSA) is 328 Å². The second kappa shape index (κ2) is 24.5. The Balaban J connectivity index is 0.981. The summed E-state index contributed by atoms with van der Waals surface area (Å²) in [4.78, 5) is 146. The van der Waals surface area contributed by atoms with E-state index in [4.69, 9.17) is 14.2 Å². The van der Waals surface area contributed by atoms with Gasteiger partial charge in [-0.1, -0.05) is 54.6 Å². The van der Waals surface area contributed by atoms with Crippen LogP contribution < -0.4 is 10.6 Å². The maximum Gasteiger partial charge on any atom is 0.333 e. The number of rotatable bonds is 19. The highest BCUT2D eigenvalue weighted by Crippen LogP contribution is 2.37. The Kier molecular flexibility index (Phi) is 17.7. The fraction of sp³-hybridized carbons (Fsp3) is 0.356. The Morgan fingerprint density at radius 3 is 1.65 bits per heavy atom. The fourth-order valence-corrected chi connectivity index (χ4v) is 10.2. The highest BCUT2D eigenvalue weighted by molar-refractivity contribution is 6.46. The molecule has 2 aliphatic heterocycles. The van der Waals surface area contributed by atoms with Crippen LogP contribution in [0.25, 0.3) is 32.9 Å². The van der Waals surface area contributed by atoms with Gasteiger partial charge in [0, 0.05) is 91.2 Å². The Morgan fingerprint density at radius 1 is 0.614 bits per heavy atom. The number of para-hydroxylation sites is 1. The monoisotopic (exact) mass is 1140 g/mol. The first-order valence-corrected chi connectivity index (χ1v) is 26.6. The third kappa shape index (κ3) is 13.6. The quantitative estimate of drug-likeness (QED) is 0.0253. The van der Waals surface area contributed by atoms with E-state index in [0.29, 0.717) is 27.6 Å². The van der Waals surface area contributed by atoms with Crippen LogP contribution in [0, 0.1) is 0 Å². The van der Waals surface area contributed by atoms with E-state index in [0.717, 1.165) is 7.11 Å². The van der Waals surface area contributed by atoms with Gasteiger partial charge in [-0.3, -0.25) is 43.2 Å². The number of ketones is 2. The van der Waals surface area contributed by atoms with Gasteiger partial charge in [0.25, 0.3) is 41.1 Å². The number of aliphatic carboxylic acids is 1. The number of benzene rings is 4. The van der Waals surface area contributed by atoms with Crippen LogP contribution in [0.2, 0.25) is 0 Å². The van der Waals surface area contributed by atoms with Crippen molar-refractivity contribution in [3.8, 4) is 11.1 Å². The maximum absolute atomic E-state index is 14.2. The van der Waals surface area contributed by atoms with E-state index in [9.17, 15) is 63.3 Å². The average Bonchev–Trinajstić information content (AvgIpc) is 3.03. The number of ether oxygens (including phenoxy) is 3. The molecule has 0 bridgehead atoms. The van der Waals surface area contributed by atoms with E-state index < -0.39 is 95.8 Å². The molecule has 4 unspecified atom stereocenters. The molecule has 0 saturated carbocycles. The van der Waals surface area contributed by atoms with Crippen molar-refractivity contribution in [1.29, 1.82) is 0 Å². The summed E-state index contributed by atoms with van der Waals surface area (Å²) in [5, 5.41) is 36.0. The van der Waals surface area contributed by atoms with E-state index >= 15 is 0 Å². The molecule has 6 amide bonds. The number of Topliss-reactive ketones (excluding diaryl/α,β-unsaturated/α-hetero) is 2. The first kappa shape index (κ1) is 60.0. The third-order valence-electron chi connectivity index (χ3n) is 14.2. The molecule has 0 aliphatic carbocycles. The summed E-state index contributed by atoms with van der Waals surface area (Å²) in [6.07, 6.45) is -1.79. The molecule has 2 fully saturated rings. The number of fused-ring (bicyclic) bond motifs is 2. The first-order valence-electron chi connectivity index (χ1n) is 26.6. The molecule has 83 heavy (non-hydrogen) atoms. The number of methoxy groups -OCH3 is 1. The van der Waals surface area contributed by atoms with E-state index in [1.807, 2.05) is 0 Å².